The Hall–Kier alpha value is -3.43. The second-order valence-electron chi connectivity index (χ2n) is 4.34. The molecule has 1 aromatic carbocycles. The highest BCUT2D eigenvalue weighted by Crippen LogP contribution is 2.16. The van der Waals surface area contributed by atoms with Crippen LogP contribution >= 0.6 is 0 Å². The first kappa shape index (κ1) is 13.5. The van der Waals surface area contributed by atoms with Gasteiger partial charge in [-0.25, -0.2) is 9.79 Å². The first-order chi connectivity index (χ1) is 10.5. The van der Waals surface area contributed by atoms with Crippen LogP contribution in [0, 0.1) is 0 Å². The van der Waals surface area contributed by atoms with E-state index in [-0.39, 0.29) is 23.3 Å². The van der Waals surface area contributed by atoms with Gasteiger partial charge in [0.05, 0.1) is 11.3 Å². The number of aromatic carboxylic acids is 1. The van der Waals surface area contributed by atoms with E-state index >= 15 is 0 Å². The van der Waals surface area contributed by atoms with E-state index in [1.807, 2.05) is 0 Å². The third-order valence-electron chi connectivity index (χ3n) is 2.81. The lowest BCUT2D eigenvalue weighted by Crippen LogP contribution is -2.49. The lowest BCUT2D eigenvalue weighted by molar-refractivity contribution is -0.119. The molecule has 3 rings (SSSR count). The minimum absolute atomic E-state index is 0.00379. The Labute approximate surface area is 123 Å². The molecule has 0 radical (unpaired) electrons. The van der Waals surface area contributed by atoms with Crippen molar-refractivity contribution in [2.75, 3.05) is 0 Å². The zero-order chi connectivity index (χ0) is 15.7. The molecular weight excluding hydrogens is 290 g/mol. The molecule has 2 aliphatic heterocycles. The highest BCUT2D eigenvalue weighted by Gasteiger charge is 2.33. The minimum atomic E-state index is -1.03. The average molecular weight is 299 g/mol. The Balaban J connectivity index is 1.78. The van der Waals surface area contributed by atoms with Crippen molar-refractivity contribution in [3.63, 3.8) is 0 Å². The number of aliphatic imine (C=N–C) groups is 3. The number of hydrogen-bond donors (Lipinski definition) is 3. The Morgan fingerprint density at radius 2 is 1.95 bits per heavy atom. The van der Waals surface area contributed by atoms with Crippen molar-refractivity contribution in [2.24, 2.45) is 30.9 Å². The molecule has 1 amide bonds. The highest BCUT2D eigenvalue weighted by atomic mass is 16.4. The van der Waals surface area contributed by atoms with Crippen molar-refractivity contribution in [3.05, 3.63) is 29.8 Å². The largest absolute Gasteiger partial charge is 0.478 e. The number of nitrogens with zero attached hydrogens (tertiary/aromatic N) is 5. The fourth-order valence-electron chi connectivity index (χ4n) is 1.79. The van der Waals surface area contributed by atoms with Crippen LogP contribution < -0.4 is 11.1 Å². The summed E-state index contributed by atoms with van der Waals surface area (Å²) in [6.07, 6.45) is 0. The summed E-state index contributed by atoms with van der Waals surface area (Å²) in [6, 6.07) is 4.92. The Morgan fingerprint density at radius 1 is 1.23 bits per heavy atom. The van der Waals surface area contributed by atoms with Crippen molar-refractivity contribution in [2.45, 2.75) is 6.04 Å². The number of azo groups is 1. The standard InChI is InChI=1S/C12H9N7O3/c13-11-15-8-7(9(20)17-11)14-12(16-8)19-18-6-3-1-5(2-4-6)10(21)22/h1-4,7H,(H,21,22)(H3,13,14,15,16,17,20). The van der Waals surface area contributed by atoms with Crippen LogP contribution in [0.25, 0.3) is 0 Å². The lowest BCUT2D eigenvalue weighted by atomic mass is 10.2. The van der Waals surface area contributed by atoms with Gasteiger partial charge in [-0.15, -0.1) is 10.2 Å². The number of amides is 1. The monoisotopic (exact) mass is 299 g/mol. The molecule has 0 saturated heterocycles. The summed E-state index contributed by atoms with van der Waals surface area (Å²) in [5.74, 6) is -1.34. The molecule has 10 heteroatoms. The predicted octanol–water partition coefficient (Wildman–Crippen LogP) is 0.0497. The van der Waals surface area contributed by atoms with Crippen LogP contribution in [-0.4, -0.2) is 40.8 Å². The zero-order valence-corrected chi connectivity index (χ0v) is 11.0. The number of carbonyl (C=O) groups is 2. The first-order valence-electron chi connectivity index (χ1n) is 6.09. The fourth-order valence-corrected chi connectivity index (χ4v) is 1.79. The lowest BCUT2D eigenvalue weighted by Gasteiger charge is -2.13. The molecule has 22 heavy (non-hydrogen) atoms. The van der Waals surface area contributed by atoms with Gasteiger partial charge in [-0.1, -0.05) is 0 Å². The van der Waals surface area contributed by atoms with Gasteiger partial charge in [0.25, 0.3) is 11.9 Å². The number of benzene rings is 1. The van der Waals surface area contributed by atoms with Crippen molar-refractivity contribution < 1.29 is 14.7 Å². The number of nitrogens with one attached hydrogen (secondary N) is 1. The van der Waals surface area contributed by atoms with Gasteiger partial charge in [-0.05, 0) is 24.3 Å². The normalized spacial score (nSPS) is 20.1. The van der Waals surface area contributed by atoms with Crippen molar-refractivity contribution in [3.8, 4) is 0 Å². The summed E-state index contributed by atoms with van der Waals surface area (Å²) in [5, 5.41) is 18.8. The van der Waals surface area contributed by atoms with E-state index in [1.165, 1.54) is 24.3 Å². The average Bonchev–Trinajstić information content (AvgIpc) is 2.89. The van der Waals surface area contributed by atoms with Gasteiger partial charge in [-0.3, -0.25) is 10.1 Å². The summed E-state index contributed by atoms with van der Waals surface area (Å²) in [5.41, 5.74) is 5.98. The molecule has 2 heterocycles. The Bertz CT molecular complexity index is 776. The molecule has 0 aliphatic carbocycles. The van der Waals surface area contributed by atoms with Gasteiger partial charge < -0.3 is 10.8 Å². The molecule has 0 fully saturated rings. The molecule has 2 aliphatic rings. The third kappa shape index (κ3) is 2.57. The second-order valence-corrected chi connectivity index (χ2v) is 4.34. The van der Waals surface area contributed by atoms with E-state index in [4.69, 9.17) is 10.8 Å². The van der Waals surface area contributed by atoms with E-state index in [0.717, 1.165) is 0 Å². The van der Waals surface area contributed by atoms with Gasteiger partial charge in [0.1, 0.15) is 0 Å². The summed E-state index contributed by atoms with van der Waals surface area (Å²) < 4.78 is 0. The quantitative estimate of drug-likeness (QED) is 0.660. The summed E-state index contributed by atoms with van der Waals surface area (Å²) in [7, 11) is 0. The van der Waals surface area contributed by atoms with Crippen LogP contribution in [0.3, 0.4) is 0 Å². The fraction of sp³-hybridized carbons (Fsp3) is 0.0833. The minimum Gasteiger partial charge on any atom is -0.478 e. The van der Waals surface area contributed by atoms with E-state index in [1.54, 1.807) is 0 Å². The number of nitrogens with two attached hydrogens (primary N) is 1. The third-order valence-corrected chi connectivity index (χ3v) is 2.81. The van der Waals surface area contributed by atoms with Crippen molar-refractivity contribution in [1.82, 2.24) is 5.32 Å². The number of guanidine groups is 2. The molecule has 1 unspecified atom stereocenters. The summed E-state index contributed by atoms with van der Waals surface area (Å²) in [6.45, 7) is 0. The van der Waals surface area contributed by atoms with Gasteiger partial charge in [0.2, 0.25) is 5.96 Å². The van der Waals surface area contributed by atoms with Crippen LogP contribution in [0.15, 0.2) is 49.5 Å². The second kappa shape index (κ2) is 5.16. The molecule has 1 aromatic rings. The van der Waals surface area contributed by atoms with Crippen molar-refractivity contribution >= 4 is 35.3 Å². The number of amidine groups is 1. The van der Waals surface area contributed by atoms with Crippen molar-refractivity contribution in [1.29, 1.82) is 0 Å². The molecule has 10 nitrogen and oxygen atoms in total. The van der Waals surface area contributed by atoms with Crippen LogP contribution in [0.2, 0.25) is 0 Å². The number of hydrogen-bond acceptors (Lipinski definition) is 8. The van der Waals surface area contributed by atoms with Crippen LogP contribution in [0.1, 0.15) is 10.4 Å². The molecule has 0 aromatic heterocycles. The van der Waals surface area contributed by atoms with E-state index in [0.29, 0.717) is 5.69 Å². The Kier molecular flexibility index (Phi) is 3.18. The summed E-state index contributed by atoms with van der Waals surface area (Å²) in [4.78, 5) is 34.1. The topological polar surface area (TPSA) is 154 Å². The van der Waals surface area contributed by atoms with Crippen LogP contribution in [-0.2, 0) is 4.79 Å². The number of carboxylic acid groups (broad SMARTS) is 1. The van der Waals surface area contributed by atoms with E-state index < -0.39 is 17.9 Å². The first-order valence-corrected chi connectivity index (χ1v) is 6.09. The maximum absolute atomic E-state index is 11.6. The van der Waals surface area contributed by atoms with Gasteiger partial charge in [0.15, 0.2) is 11.9 Å². The van der Waals surface area contributed by atoms with E-state index in [2.05, 4.69) is 30.5 Å². The van der Waals surface area contributed by atoms with Gasteiger partial charge in [0, 0.05) is 0 Å². The molecular formula is C12H9N7O3. The maximum atomic E-state index is 11.6. The molecule has 0 saturated carbocycles. The number of carbonyl (C=O) groups excluding carboxylic acids is 1. The number of carboxylic acids is 1. The number of fused-ring (bicyclic) bond motifs is 1. The van der Waals surface area contributed by atoms with Gasteiger partial charge >= 0.3 is 5.97 Å². The molecule has 0 spiro atoms. The summed E-state index contributed by atoms with van der Waals surface area (Å²) >= 11 is 0. The molecule has 110 valence electrons. The smallest absolute Gasteiger partial charge is 0.335 e. The van der Waals surface area contributed by atoms with Crippen LogP contribution in [0.5, 0.6) is 0 Å². The van der Waals surface area contributed by atoms with E-state index in [9.17, 15) is 9.59 Å². The molecule has 4 N–H and O–H groups in total. The maximum Gasteiger partial charge on any atom is 0.335 e. The number of rotatable bonds is 2. The molecule has 0 bridgehead atoms. The predicted molar refractivity (Wildman–Crippen MR) is 76.3 cm³/mol. The van der Waals surface area contributed by atoms with Gasteiger partial charge in [-0.2, -0.15) is 9.98 Å². The van der Waals surface area contributed by atoms with Crippen LogP contribution in [0.4, 0.5) is 5.69 Å². The SMILES string of the molecule is NC1=NC2=NC(N=Nc3ccc(C(=O)O)cc3)=NC2C(=O)N1. The highest BCUT2D eigenvalue weighted by molar-refractivity contribution is 6.24. The zero-order valence-electron chi connectivity index (χ0n) is 11.0. The Morgan fingerprint density at radius 3 is 2.64 bits per heavy atom. The molecule has 1 atom stereocenters.